The van der Waals surface area contributed by atoms with Gasteiger partial charge in [-0.25, -0.2) is 12.8 Å². The average Bonchev–Trinajstić information content (AvgIpc) is 2.74. The lowest BCUT2D eigenvalue weighted by Crippen LogP contribution is -2.12. The Morgan fingerprint density at radius 2 is 2.26 bits per heavy atom. The van der Waals surface area contributed by atoms with Gasteiger partial charge in [0.2, 0.25) is 0 Å². The molecule has 0 aromatic carbocycles. The summed E-state index contributed by atoms with van der Waals surface area (Å²) in [6.45, 7) is 1.48. The molecular formula is C11H11FN2O3S2. The quantitative estimate of drug-likeness (QED) is 0.904. The number of nitrogens with zero attached hydrogens (tertiary/aromatic N) is 1. The molecule has 0 amide bonds. The van der Waals surface area contributed by atoms with Crippen LogP contribution in [0.4, 0.5) is 10.1 Å². The first-order chi connectivity index (χ1) is 8.94. The molecule has 0 aliphatic carbocycles. The fraction of sp³-hybridized carbons (Fsp3) is 0.182. The molecule has 0 unspecified atom stereocenters. The molecule has 0 bridgehead atoms. The number of thiophene rings is 1. The van der Waals surface area contributed by atoms with E-state index < -0.39 is 15.8 Å². The molecule has 0 atom stereocenters. The Balaban J connectivity index is 2.35. The van der Waals surface area contributed by atoms with E-state index in [1.807, 2.05) is 0 Å². The molecule has 0 radical (unpaired) electrons. The molecule has 102 valence electrons. The molecule has 0 aliphatic rings. The summed E-state index contributed by atoms with van der Waals surface area (Å²) in [5.41, 5.74) is 0.523. The van der Waals surface area contributed by atoms with Gasteiger partial charge in [0.1, 0.15) is 4.21 Å². The highest BCUT2D eigenvalue weighted by Crippen LogP contribution is 2.28. The summed E-state index contributed by atoms with van der Waals surface area (Å²) in [6, 6.07) is 2.68. The van der Waals surface area contributed by atoms with Crippen molar-refractivity contribution < 1.29 is 17.9 Å². The third-order valence-electron chi connectivity index (χ3n) is 2.42. The number of hydrogen-bond donors (Lipinski definition) is 2. The molecule has 0 saturated heterocycles. The van der Waals surface area contributed by atoms with Crippen molar-refractivity contribution in [2.45, 2.75) is 17.7 Å². The summed E-state index contributed by atoms with van der Waals surface area (Å²) >= 11 is 0.953. The highest BCUT2D eigenvalue weighted by molar-refractivity contribution is 7.94. The Hall–Kier alpha value is -1.51. The molecule has 2 rings (SSSR count). The molecule has 2 aromatic rings. The van der Waals surface area contributed by atoms with Gasteiger partial charge in [0, 0.05) is 11.1 Å². The number of aromatic nitrogens is 1. The molecule has 2 N–H and O–H groups in total. The Labute approximate surface area is 113 Å². The number of nitrogens with one attached hydrogen (secondary N) is 1. The summed E-state index contributed by atoms with van der Waals surface area (Å²) in [5, 5.41) is 9.06. The van der Waals surface area contributed by atoms with Crippen molar-refractivity contribution in [1.82, 2.24) is 4.98 Å². The number of sulfonamides is 1. The minimum absolute atomic E-state index is 0.0327. The topological polar surface area (TPSA) is 79.3 Å². The zero-order chi connectivity index (χ0) is 14.0. The maximum Gasteiger partial charge on any atom is 0.271 e. The number of rotatable bonds is 4. The van der Waals surface area contributed by atoms with Crippen molar-refractivity contribution in [2.75, 3.05) is 4.72 Å². The van der Waals surface area contributed by atoms with Crippen LogP contribution in [0.25, 0.3) is 0 Å². The fourth-order valence-corrected chi connectivity index (χ4v) is 3.95. The molecule has 2 aromatic heterocycles. The maximum atomic E-state index is 13.4. The van der Waals surface area contributed by atoms with Crippen LogP contribution in [0.2, 0.25) is 0 Å². The van der Waals surface area contributed by atoms with E-state index in [-0.39, 0.29) is 16.5 Å². The molecule has 2 heterocycles. The summed E-state index contributed by atoms with van der Waals surface area (Å²) in [5.74, 6) is -0.748. The van der Waals surface area contributed by atoms with Crippen LogP contribution < -0.4 is 4.72 Å². The van der Waals surface area contributed by atoms with Gasteiger partial charge in [-0.3, -0.25) is 9.71 Å². The number of pyridine rings is 1. The smallest absolute Gasteiger partial charge is 0.271 e. The Morgan fingerprint density at radius 1 is 1.53 bits per heavy atom. The van der Waals surface area contributed by atoms with E-state index in [1.54, 1.807) is 6.92 Å². The molecular weight excluding hydrogens is 291 g/mol. The Morgan fingerprint density at radius 3 is 2.84 bits per heavy atom. The zero-order valence-corrected chi connectivity index (χ0v) is 11.6. The van der Waals surface area contributed by atoms with Crippen molar-refractivity contribution in [1.29, 1.82) is 0 Å². The van der Waals surface area contributed by atoms with Crippen molar-refractivity contribution in [3.8, 4) is 0 Å². The van der Waals surface area contributed by atoms with Crippen LogP contribution in [-0.2, 0) is 16.6 Å². The van der Waals surface area contributed by atoms with Crippen molar-refractivity contribution in [3.63, 3.8) is 0 Å². The lowest BCUT2D eigenvalue weighted by atomic mass is 10.3. The molecule has 5 nitrogen and oxygen atoms in total. The molecule has 0 saturated carbocycles. The predicted molar refractivity (Wildman–Crippen MR) is 70.0 cm³/mol. The highest BCUT2D eigenvalue weighted by atomic mass is 32.2. The van der Waals surface area contributed by atoms with Crippen molar-refractivity contribution >= 4 is 27.0 Å². The van der Waals surface area contributed by atoms with E-state index in [0.29, 0.717) is 10.4 Å². The second-order valence-electron chi connectivity index (χ2n) is 3.79. The van der Waals surface area contributed by atoms with Crippen LogP contribution in [0.5, 0.6) is 0 Å². The molecule has 8 heteroatoms. The number of aliphatic hydroxyl groups is 1. The van der Waals surface area contributed by atoms with E-state index in [9.17, 15) is 12.8 Å². The standard InChI is InChI=1S/C11H11FN2O3S2/c1-7-4-11(18-10(7)6-15)19(16,17)14-9-2-3-13-5-8(9)12/h2-5,15H,6H2,1H3,(H,13,14). The molecule has 19 heavy (non-hydrogen) atoms. The SMILES string of the molecule is Cc1cc(S(=O)(=O)Nc2ccncc2F)sc1CO. The number of anilines is 1. The fourth-order valence-electron chi connectivity index (χ4n) is 1.43. The van der Waals surface area contributed by atoms with Gasteiger partial charge in [-0.1, -0.05) is 0 Å². The Kier molecular flexibility index (Phi) is 3.83. The second-order valence-corrected chi connectivity index (χ2v) is 6.84. The second kappa shape index (κ2) is 5.24. The van der Waals surface area contributed by atoms with Gasteiger partial charge in [-0.05, 0) is 24.6 Å². The van der Waals surface area contributed by atoms with E-state index in [2.05, 4.69) is 9.71 Å². The van der Waals surface area contributed by atoms with Crippen LogP contribution in [0.15, 0.2) is 28.7 Å². The van der Waals surface area contributed by atoms with E-state index in [0.717, 1.165) is 17.5 Å². The number of hydrogen-bond acceptors (Lipinski definition) is 5. The summed E-state index contributed by atoms with van der Waals surface area (Å²) in [7, 11) is -3.86. The van der Waals surface area contributed by atoms with Gasteiger partial charge in [-0.2, -0.15) is 0 Å². The van der Waals surface area contributed by atoms with Crippen molar-refractivity contribution in [3.05, 3.63) is 40.8 Å². The van der Waals surface area contributed by atoms with E-state index in [4.69, 9.17) is 5.11 Å². The molecule has 0 aliphatic heterocycles. The minimum Gasteiger partial charge on any atom is -0.391 e. The van der Waals surface area contributed by atoms with Gasteiger partial charge in [-0.15, -0.1) is 11.3 Å². The van der Waals surface area contributed by atoms with E-state index in [1.165, 1.54) is 18.3 Å². The van der Waals surface area contributed by atoms with Crippen LogP contribution in [-0.4, -0.2) is 18.5 Å². The average molecular weight is 302 g/mol. The first kappa shape index (κ1) is 13.9. The van der Waals surface area contributed by atoms with Crippen LogP contribution in [0, 0.1) is 12.7 Å². The monoisotopic (exact) mass is 302 g/mol. The zero-order valence-electron chi connectivity index (χ0n) is 9.92. The van der Waals surface area contributed by atoms with E-state index >= 15 is 0 Å². The number of aliphatic hydroxyl groups excluding tert-OH is 1. The first-order valence-electron chi connectivity index (χ1n) is 5.26. The summed E-state index contributed by atoms with van der Waals surface area (Å²) in [4.78, 5) is 4.10. The normalized spacial score (nSPS) is 11.5. The predicted octanol–water partition coefficient (Wildman–Crippen LogP) is 1.88. The number of halogens is 1. The van der Waals surface area contributed by atoms with Crippen molar-refractivity contribution in [2.24, 2.45) is 0 Å². The van der Waals surface area contributed by atoms with Crippen LogP contribution in [0.1, 0.15) is 10.4 Å². The van der Waals surface area contributed by atoms with Crippen LogP contribution in [0.3, 0.4) is 0 Å². The minimum atomic E-state index is -3.86. The van der Waals surface area contributed by atoms with Gasteiger partial charge < -0.3 is 5.11 Å². The van der Waals surface area contributed by atoms with Gasteiger partial charge in [0.15, 0.2) is 5.82 Å². The summed E-state index contributed by atoms with van der Waals surface area (Å²) in [6.07, 6.45) is 2.22. The molecule has 0 fully saturated rings. The lowest BCUT2D eigenvalue weighted by molar-refractivity contribution is 0.285. The molecule has 0 spiro atoms. The lowest BCUT2D eigenvalue weighted by Gasteiger charge is -2.06. The van der Waals surface area contributed by atoms with Gasteiger partial charge in [0.05, 0.1) is 18.5 Å². The highest BCUT2D eigenvalue weighted by Gasteiger charge is 2.20. The third kappa shape index (κ3) is 2.91. The Bertz CT molecular complexity index is 698. The van der Waals surface area contributed by atoms with Crippen LogP contribution >= 0.6 is 11.3 Å². The van der Waals surface area contributed by atoms with Gasteiger partial charge in [0.25, 0.3) is 10.0 Å². The largest absolute Gasteiger partial charge is 0.391 e. The van der Waals surface area contributed by atoms with Gasteiger partial charge >= 0.3 is 0 Å². The third-order valence-corrected chi connectivity index (χ3v) is 5.48. The summed E-state index contributed by atoms with van der Waals surface area (Å²) < 4.78 is 39.7. The first-order valence-corrected chi connectivity index (χ1v) is 7.56. The maximum absolute atomic E-state index is 13.4. The number of aryl methyl sites for hydroxylation is 1.